The molecular formula is C15H16F3NO. The number of hydrogen-bond acceptors (Lipinski definition) is 2. The highest BCUT2D eigenvalue weighted by molar-refractivity contribution is 6.01. The summed E-state index contributed by atoms with van der Waals surface area (Å²) in [5.74, 6) is -0.604. The van der Waals surface area contributed by atoms with Crippen LogP contribution in [0.3, 0.4) is 0 Å². The summed E-state index contributed by atoms with van der Waals surface area (Å²) >= 11 is 0. The van der Waals surface area contributed by atoms with Crippen molar-refractivity contribution in [1.29, 1.82) is 0 Å². The summed E-state index contributed by atoms with van der Waals surface area (Å²) in [4.78, 5) is 14.1. The van der Waals surface area contributed by atoms with E-state index in [4.69, 9.17) is 0 Å². The largest absolute Gasteiger partial charge is 0.416 e. The first kappa shape index (κ1) is 14.6. The zero-order valence-electron chi connectivity index (χ0n) is 11.4. The summed E-state index contributed by atoms with van der Waals surface area (Å²) in [7, 11) is 1.82. The smallest absolute Gasteiger partial charge is 0.379 e. The summed E-state index contributed by atoms with van der Waals surface area (Å²) in [5.41, 5.74) is 0.370. The van der Waals surface area contributed by atoms with E-state index in [1.54, 1.807) is 12.3 Å². The number of ketones is 1. The molecule has 0 saturated heterocycles. The van der Waals surface area contributed by atoms with Crippen molar-refractivity contribution in [3.63, 3.8) is 0 Å². The molecule has 0 spiro atoms. The fourth-order valence-corrected chi connectivity index (χ4v) is 2.43. The maximum absolute atomic E-state index is 12.7. The minimum atomic E-state index is -4.39. The molecule has 1 heterocycles. The molecule has 108 valence electrons. The predicted molar refractivity (Wildman–Crippen MR) is 70.2 cm³/mol. The van der Waals surface area contributed by atoms with Gasteiger partial charge in [-0.2, -0.15) is 13.2 Å². The molecule has 5 heteroatoms. The topological polar surface area (TPSA) is 20.3 Å². The van der Waals surface area contributed by atoms with Gasteiger partial charge in [0.2, 0.25) is 0 Å². The van der Waals surface area contributed by atoms with E-state index in [0.717, 1.165) is 12.1 Å². The van der Waals surface area contributed by atoms with Crippen LogP contribution in [0.2, 0.25) is 0 Å². The first-order chi connectivity index (χ1) is 9.32. The van der Waals surface area contributed by atoms with E-state index in [9.17, 15) is 18.0 Å². The Morgan fingerprint density at radius 1 is 1.35 bits per heavy atom. The lowest BCUT2D eigenvalue weighted by Gasteiger charge is -2.29. The molecule has 0 bridgehead atoms. The Hall–Kier alpha value is -1.78. The summed E-state index contributed by atoms with van der Waals surface area (Å²) in [5, 5.41) is 0. The monoisotopic (exact) mass is 283 g/mol. The van der Waals surface area contributed by atoms with Crippen molar-refractivity contribution in [2.75, 3.05) is 13.6 Å². The number of hydrogen-bond donors (Lipinski definition) is 0. The number of rotatable bonds is 2. The SMILES string of the molecule is CCC1=CN(C)CC(c2cccc(C(F)(F)F)c2)C1=O. The number of allylic oxidation sites excluding steroid dienone is 1. The van der Waals surface area contributed by atoms with Gasteiger partial charge >= 0.3 is 6.18 Å². The highest BCUT2D eigenvalue weighted by atomic mass is 19.4. The summed E-state index contributed by atoms with van der Waals surface area (Å²) in [6.45, 7) is 2.27. The molecule has 0 N–H and O–H groups in total. The van der Waals surface area contributed by atoms with E-state index < -0.39 is 17.7 Å². The number of halogens is 3. The molecule has 1 aliphatic rings. The second-order valence-electron chi connectivity index (χ2n) is 4.99. The third-order valence-electron chi connectivity index (χ3n) is 3.48. The standard InChI is InChI=1S/C15H16F3NO/c1-3-10-8-19(2)9-13(14(10)20)11-5-4-6-12(7-11)15(16,17)18/h4-8,13H,3,9H2,1-2H3. The van der Waals surface area contributed by atoms with Gasteiger partial charge in [-0.3, -0.25) is 4.79 Å². The van der Waals surface area contributed by atoms with Gasteiger partial charge in [0.1, 0.15) is 0 Å². The molecule has 0 fully saturated rings. The quantitative estimate of drug-likeness (QED) is 0.826. The molecule has 0 aromatic heterocycles. The molecule has 0 amide bonds. The van der Waals surface area contributed by atoms with Crippen LogP contribution in [0.5, 0.6) is 0 Å². The highest BCUT2D eigenvalue weighted by Crippen LogP contribution is 2.33. The van der Waals surface area contributed by atoms with E-state index in [2.05, 4.69) is 0 Å². The van der Waals surface area contributed by atoms with Crippen molar-refractivity contribution in [1.82, 2.24) is 4.90 Å². The summed E-state index contributed by atoms with van der Waals surface area (Å²) < 4.78 is 38.2. The average Bonchev–Trinajstić information content (AvgIpc) is 2.40. The molecule has 2 rings (SSSR count). The van der Waals surface area contributed by atoms with Crippen LogP contribution in [0.4, 0.5) is 13.2 Å². The van der Waals surface area contributed by atoms with Crippen molar-refractivity contribution in [2.24, 2.45) is 0 Å². The van der Waals surface area contributed by atoms with Crippen LogP contribution in [0.1, 0.15) is 30.4 Å². The zero-order valence-corrected chi connectivity index (χ0v) is 11.4. The first-order valence-electron chi connectivity index (χ1n) is 6.45. The maximum Gasteiger partial charge on any atom is 0.416 e. The Balaban J connectivity index is 2.37. The molecule has 1 unspecified atom stereocenters. The van der Waals surface area contributed by atoms with Crippen LogP contribution in [0, 0.1) is 0 Å². The van der Waals surface area contributed by atoms with Crippen molar-refractivity contribution in [3.8, 4) is 0 Å². The Kier molecular flexibility index (Phi) is 3.88. The zero-order chi connectivity index (χ0) is 14.9. The lowest BCUT2D eigenvalue weighted by molar-refractivity contribution is -0.137. The number of likely N-dealkylation sites (N-methyl/N-ethyl adjacent to an activating group) is 1. The van der Waals surface area contributed by atoms with Gasteiger partial charge < -0.3 is 4.90 Å². The number of Topliss-reactive ketones (excluding diaryl/α,β-unsaturated/α-hetero) is 1. The van der Waals surface area contributed by atoms with Gasteiger partial charge in [0.15, 0.2) is 5.78 Å². The van der Waals surface area contributed by atoms with Crippen LogP contribution >= 0.6 is 0 Å². The molecule has 2 nitrogen and oxygen atoms in total. The number of carbonyl (C=O) groups is 1. The Bertz CT molecular complexity index is 548. The normalized spacial score (nSPS) is 20.1. The number of benzene rings is 1. The molecule has 1 atom stereocenters. The third-order valence-corrected chi connectivity index (χ3v) is 3.48. The first-order valence-corrected chi connectivity index (χ1v) is 6.45. The van der Waals surface area contributed by atoms with Gasteiger partial charge in [-0.15, -0.1) is 0 Å². The van der Waals surface area contributed by atoms with Gasteiger partial charge in [-0.1, -0.05) is 25.1 Å². The van der Waals surface area contributed by atoms with Crippen molar-refractivity contribution < 1.29 is 18.0 Å². The number of nitrogens with zero attached hydrogens (tertiary/aromatic N) is 1. The number of alkyl halides is 3. The minimum Gasteiger partial charge on any atom is -0.379 e. The van der Waals surface area contributed by atoms with Gasteiger partial charge in [0.25, 0.3) is 0 Å². The van der Waals surface area contributed by atoms with Gasteiger partial charge in [0, 0.05) is 25.4 Å². The molecule has 1 aliphatic heterocycles. The van der Waals surface area contributed by atoms with E-state index in [1.165, 1.54) is 6.07 Å². The lowest BCUT2D eigenvalue weighted by Crippen LogP contribution is -2.32. The van der Waals surface area contributed by atoms with E-state index in [-0.39, 0.29) is 5.78 Å². The van der Waals surface area contributed by atoms with E-state index in [1.807, 2.05) is 18.9 Å². The fraction of sp³-hybridized carbons (Fsp3) is 0.400. The van der Waals surface area contributed by atoms with Crippen molar-refractivity contribution >= 4 is 5.78 Å². The predicted octanol–water partition coefficient (Wildman–Crippen LogP) is 3.60. The Morgan fingerprint density at radius 2 is 2.05 bits per heavy atom. The number of carbonyl (C=O) groups excluding carboxylic acids is 1. The van der Waals surface area contributed by atoms with Crippen LogP contribution in [-0.4, -0.2) is 24.3 Å². The van der Waals surface area contributed by atoms with Crippen LogP contribution < -0.4 is 0 Å². The Labute approximate surface area is 115 Å². The van der Waals surface area contributed by atoms with Gasteiger partial charge in [-0.05, 0) is 18.1 Å². The molecule has 20 heavy (non-hydrogen) atoms. The van der Waals surface area contributed by atoms with E-state index in [0.29, 0.717) is 24.1 Å². The summed E-state index contributed by atoms with van der Waals surface area (Å²) in [6.07, 6.45) is -2.03. The molecule has 0 saturated carbocycles. The molecular weight excluding hydrogens is 267 g/mol. The van der Waals surface area contributed by atoms with E-state index >= 15 is 0 Å². The minimum absolute atomic E-state index is 0.0788. The molecule has 1 aromatic carbocycles. The fourth-order valence-electron chi connectivity index (χ4n) is 2.43. The van der Waals surface area contributed by atoms with Crippen LogP contribution in [0.25, 0.3) is 0 Å². The lowest BCUT2D eigenvalue weighted by atomic mass is 9.86. The average molecular weight is 283 g/mol. The molecule has 0 aliphatic carbocycles. The summed E-state index contributed by atoms with van der Waals surface area (Å²) in [6, 6.07) is 5.05. The molecule has 0 radical (unpaired) electrons. The second kappa shape index (κ2) is 5.31. The maximum atomic E-state index is 12.7. The second-order valence-corrected chi connectivity index (χ2v) is 4.99. The highest BCUT2D eigenvalue weighted by Gasteiger charge is 2.33. The van der Waals surface area contributed by atoms with Crippen molar-refractivity contribution in [2.45, 2.75) is 25.4 Å². The van der Waals surface area contributed by atoms with Crippen LogP contribution in [-0.2, 0) is 11.0 Å². The third kappa shape index (κ3) is 2.86. The van der Waals surface area contributed by atoms with Crippen LogP contribution in [0.15, 0.2) is 36.0 Å². The Morgan fingerprint density at radius 3 is 2.65 bits per heavy atom. The van der Waals surface area contributed by atoms with Gasteiger partial charge in [0.05, 0.1) is 11.5 Å². The van der Waals surface area contributed by atoms with Crippen molar-refractivity contribution in [3.05, 3.63) is 47.2 Å². The van der Waals surface area contributed by atoms with Gasteiger partial charge in [-0.25, -0.2) is 0 Å². The molecule has 1 aromatic rings.